The van der Waals surface area contributed by atoms with Crippen LogP contribution in [-0.2, 0) is 9.63 Å². The van der Waals surface area contributed by atoms with E-state index in [4.69, 9.17) is 9.94 Å². The molecule has 1 heterocycles. The van der Waals surface area contributed by atoms with Crippen molar-refractivity contribution in [3.63, 3.8) is 0 Å². The lowest BCUT2D eigenvalue weighted by Gasteiger charge is -1.95. The average molecular weight is 206 g/mol. The minimum Gasteiger partial charge on any atom is -0.475 e. The minimum atomic E-state index is -1.17. The third kappa shape index (κ3) is 3.60. The summed E-state index contributed by atoms with van der Waals surface area (Å²) in [5.74, 6) is -1.40. The number of allylic oxidation sites excluding steroid dienone is 1. The van der Waals surface area contributed by atoms with Crippen LogP contribution < -0.4 is 5.49 Å². The van der Waals surface area contributed by atoms with Gasteiger partial charge in [-0.25, -0.2) is 9.78 Å². The van der Waals surface area contributed by atoms with Crippen LogP contribution in [0.4, 0.5) is 0 Å². The molecule has 0 radical (unpaired) electrons. The highest BCUT2D eigenvalue weighted by Crippen LogP contribution is 1.96. The van der Waals surface area contributed by atoms with Gasteiger partial charge in [-0.05, 0) is 25.1 Å². The topological polar surface area (TPSA) is 71.8 Å². The maximum absolute atomic E-state index is 10.5. The molecule has 0 unspecified atom stereocenters. The summed E-state index contributed by atoms with van der Waals surface area (Å²) in [7, 11) is 0. The smallest absolute Gasteiger partial charge is 0.374 e. The first-order valence-electron chi connectivity index (χ1n) is 4.26. The van der Waals surface area contributed by atoms with Gasteiger partial charge >= 0.3 is 5.97 Å². The molecule has 0 saturated heterocycles. The molecule has 0 saturated carbocycles. The molecule has 1 aromatic heterocycles. The number of carboxylic acid groups (broad SMARTS) is 1. The van der Waals surface area contributed by atoms with Gasteiger partial charge in [0.2, 0.25) is 5.76 Å². The van der Waals surface area contributed by atoms with Gasteiger partial charge in [-0.2, -0.15) is 0 Å². The maximum atomic E-state index is 10.5. The quantitative estimate of drug-likeness (QED) is 0.453. The fraction of sp³-hybridized carbons (Fsp3) is 0.100. The van der Waals surface area contributed by atoms with Gasteiger partial charge in [0.1, 0.15) is 0 Å². The normalized spacial score (nSPS) is 12.3. The van der Waals surface area contributed by atoms with Crippen molar-refractivity contribution in [1.29, 1.82) is 0 Å². The predicted molar refractivity (Wildman–Crippen MR) is 52.3 cm³/mol. The van der Waals surface area contributed by atoms with Gasteiger partial charge in [0.15, 0.2) is 5.49 Å². The number of aliphatic carboxylic acids is 1. The summed E-state index contributed by atoms with van der Waals surface area (Å²) in [4.78, 5) is 19.1. The van der Waals surface area contributed by atoms with E-state index < -0.39 is 5.97 Å². The third-order valence-corrected chi connectivity index (χ3v) is 1.47. The SMILES string of the molecule is C/C=C(/ON=c1cccccn1)C(=O)O. The molecule has 0 aliphatic heterocycles. The van der Waals surface area contributed by atoms with E-state index in [9.17, 15) is 4.79 Å². The zero-order valence-corrected chi connectivity index (χ0v) is 8.12. The summed E-state index contributed by atoms with van der Waals surface area (Å²) in [5.41, 5.74) is 0.306. The van der Waals surface area contributed by atoms with E-state index in [-0.39, 0.29) is 5.76 Å². The van der Waals surface area contributed by atoms with Crippen LogP contribution in [-0.4, -0.2) is 16.1 Å². The van der Waals surface area contributed by atoms with Crippen LogP contribution in [0.5, 0.6) is 0 Å². The molecule has 0 bridgehead atoms. The number of hydrogen-bond donors (Lipinski definition) is 1. The largest absolute Gasteiger partial charge is 0.475 e. The summed E-state index contributed by atoms with van der Waals surface area (Å²) < 4.78 is 0. The molecule has 0 spiro atoms. The monoisotopic (exact) mass is 206 g/mol. The van der Waals surface area contributed by atoms with E-state index in [1.807, 2.05) is 0 Å². The molecule has 78 valence electrons. The molecule has 0 aromatic carbocycles. The van der Waals surface area contributed by atoms with Crippen molar-refractivity contribution in [1.82, 2.24) is 4.98 Å². The molecule has 0 aliphatic rings. The van der Waals surface area contributed by atoms with Gasteiger partial charge in [0.05, 0.1) is 0 Å². The number of carboxylic acids is 1. The second-order valence-corrected chi connectivity index (χ2v) is 2.52. The number of hydrogen-bond acceptors (Lipinski definition) is 4. The van der Waals surface area contributed by atoms with Crippen LogP contribution in [0.1, 0.15) is 6.92 Å². The molecule has 1 N–H and O–H groups in total. The molecule has 5 heteroatoms. The number of nitrogens with zero attached hydrogens (tertiary/aromatic N) is 2. The van der Waals surface area contributed by atoms with Crippen molar-refractivity contribution in [2.75, 3.05) is 0 Å². The van der Waals surface area contributed by atoms with Crippen molar-refractivity contribution >= 4 is 5.97 Å². The van der Waals surface area contributed by atoms with E-state index in [2.05, 4.69) is 10.1 Å². The number of rotatable bonds is 3. The minimum absolute atomic E-state index is 0.233. The van der Waals surface area contributed by atoms with E-state index in [0.29, 0.717) is 5.49 Å². The van der Waals surface area contributed by atoms with E-state index in [1.165, 1.54) is 12.3 Å². The summed E-state index contributed by atoms with van der Waals surface area (Å²) in [6.07, 6.45) is 2.85. The molecule has 1 rings (SSSR count). The van der Waals surface area contributed by atoms with Crippen LogP contribution in [0.25, 0.3) is 0 Å². The third-order valence-electron chi connectivity index (χ3n) is 1.47. The van der Waals surface area contributed by atoms with Crippen LogP contribution in [0.2, 0.25) is 0 Å². The van der Waals surface area contributed by atoms with Gasteiger partial charge in [-0.1, -0.05) is 17.3 Å². The molecule has 0 atom stereocenters. The Labute approximate surface area is 86.4 Å². The van der Waals surface area contributed by atoms with E-state index >= 15 is 0 Å². The Morgan fingerprint density at radius 2 is 2.33 bits per heavy atom. The van der Waals surface area contributed by atoms with Crippen molar-refractivity contribution in [2.45, 2.75) is 6.92 Å². The van der Waals surface area contributed by atoms with Crippen LogP contribution in [0.3, 0.4) is 0 Å². The van der Waals surface area contributed by atoms with Crippen LogP contribution >= 0.6 is 0 Å². The van der Waals surface area contributed by atoms with E-state index in [0.717, 1.165) is 0 Å². The Balaban J connectivity index is 2.88. The first kappa shape index (κ1) is 10.9. The Morgan fingerprint density at radius 3 is 3.00 bits per heavy atom. The zero-order chi connectivity index (χ0) is 11.1. The van der Waals surface area contributed by atoms with Gasteiger partial charge in [-0.3, -0.25) is 0 Å². The Morgan fingerprint density at radius 1 is 1.53 bits per heavy atom. The van der Waals surface area contributed by atoms with Gasteiger partial charge in [0.25, 0.3) is 0 Å². The Bertz CT molecular complexity index is 419. The predicted octanol–water partition coefficient (Wildman–Crippen LogP) is 0.902. The highest BCUT2D eigenvalue weighted by molar-refractivity contribution is 5.83. The first-order valence-corrected chi connectivity index (χ1v) is 4.26. The Hall–Kier alpha value is -2.17. The maximum Gasteiger partial charge on any atom is 0.374 e. The summed E-state index contributed by atoms with van der Waals surface area (Å²) in [5, 5.41) is 12.2. The van der Waals surface area contributed by atoms with Crippen molar-refractivity contribution in [2.24, 2.45) is 5.16 Å². The first-order chi connectivity index (χ1) is 7.24. The van der Waals surface area contributed by atoms with Gasteiger partial charge in [-0.15, -0.1) is 0 Å². The molecule has 5 nitrogen and oxygen atoms in total. The van der Waals surface area contributed by atoms with Crippen molar-refractivity contribution in [3.05, 3.63) is 47.8 Å². The van der Waals surface area contributed by atoms with E-state index in [1.54, 1.807) is 31.2 Å². The molecule has 0 amide bonds. The highest BCUT2D eigenvalue weighted by atomic mass is 16.6. The molecule has 1 aromatic rings. The average Bonchev–Trinajstić information content (AvgIpc) is 2.46. The fourth-order valence-corrected chi connectivity index (χ4v) is 0.783. The summed E-state index contributed by atoms with van der Waals surface area (Å²) >= 11 is 0. The standard InChI is InChI=1S/C10H10N2O3/c1-2-8(10(13)14)15-12-9-6-4-3-5-7-11-9/h2-7H,1H3,(H,13,14)/b8-2+,12-9?. The molecular weight excluding hydrogens is 196 g/mol. The lowest BCUT2D eigenvalue weighted by atomic mass is 10.5. The van der Waals surface area contributed by atoms with Crippen molar-refractivity contribution < 1.29 is 14.7 Å². The second kappa shape index (κ2) is 5.54. The second-order valence-electron chi connectivity index (χ2n) is 2.52. The molecular formula is C10H10N2O3. The van der Waals surface area contributed by atoms with Crippen LogP contribution in [0.15, 0.2) is 47.5 Å². The van der Waals surface area contributed by atoms with Gasteiger partial charge in [0, 0.05) is 6.20 Å². The van der Waals surface area contributed by atoms with Crippen molar-refractivity contribution in [3.8, 4) is 0 Å². The zero-order valence-electron chi connectivity index (χ0n) is 8.12. The molecule has 15 heavy (non-hydrogen) atoms. The summed E-state index contributed by atoms with van der Waals surface area (Å²) in [6, 6.07) is 6.84. The molecule has 0 aliphatic carbocycles. The van der Waals surface area contributed by atoms with Gasteiger partial charge < -0.3 is 9.94 Å². The number of carbonyl (C=O) groups is 1. The highest BCUT2D eigenvalue weighted by Gasteiger charge is 2.05. The lowest BCUT2D eigenvalue weighted by molar-refractivity contribution is -0.136. The Kier molecular flexibility index (Phi) is 4.03. The lowest BCUT2D eigenvalue weighted by Crippen LogP contribution is -2.07. The molecule has 0 fully saturated rings. The van der Waals surface area contributed by atoms with Crippen LogP contribution in [0, 0.1) is 0 Å². The number of aromatic nitrogens is 1. The summed E-state index contributed by atoms with van der Waals surface area (Å²) in [6.45, 7) is 1.55. The fourth-order valence-electron chi connectivity index (χ4n) is 0.783.